The first kappa shape index (κ1) is 18.7. The van der Waals surface area contributed by atoms with E-state index in [1.165, 1.54) is 26.2 Å². The van der Waals surface area contributed by atoms with E-state index in [2.05, 4.69) is 5.32 Å². The zero-order valence-electron chi connectivity index (χ0n) is 13.3. The first-order chi connectivity index (χ1) is 10.0. The molecule has 1 aliphatic carbocycles. The van der Waals surface area contributed by atoms with E-state index in [9.17, 15) is 9.59 Å². The summed E-state index contributed by atoms with van der Waals surface area (Å²) in [5, 5.41) is 3.05. The average Bonchev–Trinajstić information content (AvgIpc) is 2.88. The SMILES string of the molecule is CC(=O)c1cc(C(=O)NC(CN)C2CCCCC2)n(C)c1.Cl. The lowest BCUT2D eigenvalue weighted by Crippen LogP contribution is -2.46. The van der Waals surface area contributed by atoms with Crippen molar-refractivity contribution in [3.8, 4) is 0 Å². The van der Waals surface area contributed by atoms with Gasteiger partial charge in [-0.15, -0.1) is 12.4 Å². The number of hydrogen-bond donors (Lipinski definition) is 2. The molecular weight excluding hydrogens is 302 g/mol. The van der Waals surface area contributed by atoms with E-state index < -0.39 is 0 Å². The molecule has 1 fully saturated rings. The van der Waals surface area contributed by atoms with Gasteiger partial charge in [-0.1, -0.05) is 19.3 Å². The molecule has 0 aliphatic heterocycles. The van der Waals surface area contributed by atoms with E-state index in [0.717, 1.165) is 12.8 Å². The average molecular weight is 328 g/mol. The Labute approximate surface area is 138 Å². The van der Waals surface area contributed by atoms with Gasteiger partial charge >= 0.3 is 0 Å². The van der Waals surface area contributed by atoms with Crippen LogP contribution in [0.4, 0.5) is 0 Å². The Morgan fingerprint density at radius 1 is 1.36 bits per heavy atom. The van der Waals surface area contributed by atoms with Crippen LogP contribution in [-0.2, 0) is 7.05 Å². The van der Waals surface area contributed by atoms with Crippen LogP contribution < -0.4 is 11.1 Å². The summed E-state index contributed by atoms with van der Waals surface area (Å²) < 4.78 is 1.69. The van der Waals surface area contributed by atoms with Gasteiger partial charge < -0.3 is 15.6 Å². The van der Waals surface area contributed by atoms with Crippen molar-refractivity contribution in [2.75, 3.05) is 6.54 Å². The number of halogens is 1. The number of Topliss-reactive ketones (excluding diaryl/α,β-unsaturated/α-hetero) is 1. The minimum absolute atomic E-state index is 0. The number of carbonyl (C=O) groups excluding carboxylic acids is 2. The molecule has 0 aromatic carbocycles. The van der Waals surface area contributed by atoms with Crippen molar-refractivity contribution < 1.29 is 9.59 Å². The van der Waals surface area contributed by atoms with E-state index in [4.69, 9.17) is 5.73 Å². The fourth-order valence-corrected chi connectivity index (χ4v) is 3.13. The van der Waals surface area contributed by atoms with Gasteiger partial charge in [0.2, 0.25) is 0 Å². The lowest BCUT2D eigenvalue weighted by molar-refractivity contribution is 0.0907. The number of aromatic nitrogens is 1. The maximum Gasteiger partial charge on any atom is 0.268 e. The molecule has 124 valence electrons. The zero-order valence-corrected chi connectivity index (χ0v) is 14.1. The smallest absolute Gasteiger partial charge is 0.268 e. The van der Waals surface area contributed by atoms with Crippen molar-refractivity contribution in [1.29, 1.82) is 0 Å². The van der Waals surface area contributed by atoms with Gasteiger partial charge in [-0.05, 0) is 31.7 Å². The van der Waals surface area contributed by atoms with Crippen LogP contribution in [0.5, 0.6) is 0 Å². The fraction of sp³-hybridized carbons (Fsp3) is 0.625. The van der Waals surface area contributed by atoms with Gasteiger partial charge in [0.15, 0.2) is 5.78 Å². The number of rotatable bonds is 5. The molecule has 0 bridgehead atoms. The Morgan fingerprint density at radius 3 is 2.50 bits per heavy atom. The highest BCUT2D eigenvalue weighted by Gasteiger charge is 2.25. The highest BCUT2D eigenvalue weighted by Crippen LogP contribution is 2.26. The predicted octanol–water partition coefficient (Wildman–Crippen LogP) is 2.29. The third-order valence-corrected chi connectivity index (χ3v) is 4.43. The number of carbonyl (C=O) groups is 2. The largest absolute Gasteiger partial charge is 0.346 e. The monoisotopic (exact) mass is 327 g/mol. The maximum absolute atomic E-state index is 12.4. The molecule has 5 nitrogen and oxygen atoms in total. The summed E-state index contributed by atoms with van der Waals surface area (Å²) in [6.45, 7) is 1.96. The van der Waals surface area contributed by atoms with Gasteiger partial charge in [-0.2, -0.15) is 0 Å². The molecule has 0 saturated heterocycles. The summed E-state index contributed by atoms with van der Waals surface area (Å²) in [6.07, 6.45) is 7.67. The minimum Gasteiger partial charge on any atom is -0.346 e. The van der Waals surface area contributed by atoms with E-state index in [1.807, 2.05) is 0 Å². The molecule has 1 heterocycles. The number of hydrogen-bond acceptors (Lipinski definition) is 3. The third kappa shape index (κ3) is 4.34. The molecular formula is C16H26ClN3O2. The van der Waals surface area contributed by atoms with Crippen molar-refractivity contribution in [2.45, 2.75) is 45.1 Å². The standard InChI is InChI=1S/C16H25N3O2.ClH/c1-11(20)13-8-15(19(2)10-13)16(21)18-14(9-17)12-6-4-3-5-7-12;/h8,10,12,14H,3-7,9,17H2,1-2H3,(H,18,21);1H. The Balaban J connectivity index is 0.00000242. The molecule has 1 saturated carbocycles. The highest BCUT2D eigenvalue weighted by molar-refractivity contribution is 5.99. The molecule has 0 spiro atoms. The van der Waals surface area contributed by atoms with Gasteiger partial charge in [0, 0.05) is 31.4 Å². The molecule has 6 heteroatoms. The van der Waals surface area contributed by atoms with E-state index in [0.29, 0.717) is 23.7 Å². The Kier molecular flexibility index (Phi) is 7.10. The van der Waals surface area contributed by atoms with E-state index in [1.54, 1.807) is 23.9 Å². The predicted molar refractivity (Wildman–Crippen MR) is 89.5 cm³/mol. The van der Waals surface area contributed by atoms with Crippen LogP contribution in [0.2, 0.25) is 0 Å². The van der Waals surface area contributed by atoms with Gasteiger partial charge in [0.05, 0.1) is 0 Å². The normalized spacial score (nSPS) is 16.7. The summed E-state index contributed by atoms with van der Waals surface area (Å²) in [4.78, 5) is 23.8. The second-order valence-electron chi connectivity index (χ2n) is 5.99. The number of nitrogens with one attached hydrogen (secondary N) is 1. The number of nitrogens with zero attached hydrogens (tertiary/aromatic N) is 1. The van der Waals surface area contributed by atoms with Crippen molar-refractivity contribution in [3.05, 3.63) is 23.5 Å². The molecule has 1 unspecified atom stereocenters. The Morgan fingerprint density at radius 2 is 2.00 bits per heavy atom. The fourth-order valence-electron chi connectivity index (χ4n) is 3.13. The van der Waals surface area contributed by atoms with Crippen molar-refractivity contribution in [1.82, 2.24) is 9.88 Å². The van der Waals surface area contributed by atoms with E-state index >= 15 is 0 Å². The molecule has 1 atom stereocenters. The zero-order chi connectivity index (χ0) is 15.4. The number of aryl methyl sites for hydroxylation is 1. The summed E-state index contributed by atoms with van der Waals surface area (Å²) in [5.41, 5.74) is 6.91. The quantitative estimate of drug-likeness (QED) is 0.814. The van der Waals surface area contributed by atoms with Crippen LogP contribution >= 0.6 is 12.4 Å². The topological polar surface area (TPSA) is 77.1 Å². The summed E-state index contributed by atoms with van der Waals surface area (Å²) in [6, 6.07) is 1.67. The van der Waals surface area contributed by atoms with Crippen LogP contribution in [0.1, 0.15) is 59.9 Å². The van der Waals surface area contributed by atoms with Crippen LogP contribution in [-0.4, -0.2) is 28.8 Å². The Hall–Kier alpha value is -1.33. The molecule has 1 aromatic heterocycles. The van der Waals surface area contributed by atoms with Crippen molar-refractivity contribution in [3.63, 3.8) is 0 Å². The van der Waals surface area contributed by atoms with Crippen LogP contribution in [0.3, 0.4) is 0 Å². The third-order valence-electron chi connectivity index (χ3n) is 4.43. The second kappa shape index (κ2) is 8.34. The molecule has 0 radical (unpaired) electrons. The maximum atomic E-state index is 12.4. The molecule has 2 rings (SSSR count). The van der Waals surface area contributed by atoms with Crippen molar-refractivity contribution >= 4 is 24.1 Å². The number of nitrogens with two attached hydrogens (primary N) is 1. The lowest BCUT2D eigenvalue weighted by Gasteiger charge is -2.30. The highest BCUT2D eigenvalue weighted by atomic mass is 35.5. The van der Waals surface area contributed by atoms with Crippen LogP contribution in [0.15, 0.2) is 12.3 Å². The van der Waals surface area contributed by atoms with E-state index in [-0.39, 0.29) is 30.1 Å². The first-order valence-corrected chi connectivity index (χ1v) is 7.71. The minimum atomic E-state index is -0.147. The number of ketones is 1. The Bertz CT molecular complexity index is 521. The molecule has 22 heavy (non-hydrogen) atoms. The molecule has 1 aromatic rings. The second-order valence-corrected chi connectivity index (χ2v) is 5.99. The van der Waals surface area contributed by atoms with Crippen LogP contribution in [0.25, 0.3) is 0 Å². The van der Waals surface area contributed by atoms with Gasteiger partial charge in [-0.25, -0.2) is 0 Å². The number of amides is 1. The van der Waals surface area contributed by atoms with Gasteiger partial charge in [-0.3, -0.25) is 9.59 Å². The molecule has 3 N–H and O–H groups in total. The summed E-state index contributed by atoms with van der Waals surface area (Å²) in [5.74, 6) is 0.290. The summed E-state index contributed by atoms with van der Waals surface area (Å²) in [7, 11) is 1.78. The molecule has 1 amide bonds. The summed E-state index contributed by atoms with van der Waals surface area (Å²) >= 11 is 0. The van der Waals surface area contributed by atoms with Crippen LogP contribution in [0, 0.1) is 5.92 Å². The first-order valence-electron chi connectivity index (χ1n) is 7.71. The molecule has 1 aliphatic rings. The lowest BCUT2D eigenvalue weighted by atomic mass is 9.84. The van der Waals surface area contributed by atoms with Gasteiger partial charge in [0.25, 0.3) is 5.91 Å². The van der Waals surface area contributed by atoms with Crippen molar-refractivity contribution in [2.24, 2.45) is 18.7 Å². The van der Waals surface area contributed by atoms with Gasteiger partial charge in [0.1, 0.15) is 5.69 Å².